The van der Waals surface area contributed by atoms with E-state index in [-0.39, 0.29) is 22.0 Å². The number of hydrogen-bond acceptors (Lipinski definition) is 6. The molecule has 0 saturated heterocycles. The minimum Gasteiger partial charge on any atom is -0.484 e. The number of pyridine rings is 1. The molecule has 0 radical (unpaired) electrons. The van der Waals surface area contributed by atoms with Gasteiger partial charge < -0.3 is 14.8 Å². The number of carbonyl (C=O) groups excluding carboxylic acids is 1. The number of aromatic nitrogens is 1. The van der Waals surface area contributed by atoms with Crippen molar-refractivity contribution in [3.8, 4) is 5.75 Å². The molecule has 0 aliphatic carbocycles. The van der Waals surface area contributed by atoms with Crippen molar-refractivity contribution in [3.05, 3.63) is 48.3 Å². The number of nitrogens with one attached hydrogen (secondary N) is 2. The van der Waals surface area contributed by atoms with E-state index in [0.717, 1.165) is 24.3 Å². The van der Waals surface area contributed by atoms with Gasteiger partial charge in [0.25, 0.3) is 15.9 Å². The summed E-state index contributed by atoms with van der Waals surface area (Å²) in [6.07, 6.45) is -3.32. The smallest absolute Gasteiger partial charge is 0.422 e. The number of amides is 1. The zero-order valence-electron chi connectivity index (χ0n) is 15.2. The molecule has 2 rings (SSSR count). The van der Waals surface area contributed by atoms with Gasteiger partial charge in [0.05, 0.1) is 23.4 Å². The molecular weight excluding hydrogens is 415 g/mol. The van der Waals surface area contributed by atoms with Crippen LogP contribution in [0.15, 0.2) is 47.5 Å². The number of carbonyl (C=O) groups is 1. The van der Waals surface area contributed by atoms with Gasteiger partial charge in [-0.1, -0.05) is 0 Å². The van der Waals surface area contributed by atoms with Crippen molar-refractivity contribution in [2.75, 3.05) is 31.6 Å². The second-order valence-electron chi connectivity index (χ2n) is 5.66. The summed E-state index contributed by atoms with van der Waals surface area (Å²) in [5.41, 5.74) is 0.200. The normalized spacial score (nSPS) is 11.7. The van der Waals surface area contributed by atoms with Crippen molar-refractivity contribution < 1.29 is 35.9 Å². The van der Waals surface area contributed by atoms with Crippen molar-refractivity contribution in [1.29, 1.82) is 0 Å². The molecule has 8 nitrogen and oxygen atoms in total. The molecule has 1 amide bonds. The zero-order chi connectivity index (χ0) is 21.5. The monoisotopic (exact) mass is 433 g/mol. The van der Waals surface area contributed by atoms with Crippen LogP contribution in [0.1, 0.15) is 10.5 Å². The minimum atomic E-state index is -4.49. The van der Waals surface area contributed by atoms with Gasteiger partial charge in [-0.2, -0.15) is 13.2 Å². The van der Waals surface area contributed by atoms with Crippen LogP contribution >= 0.6 is 0 Å². The summed E-state index contributed by atoms with van der Waals surface area (Å²) in [6.45, 7) is -0.841. The Hall–Kier alpha value is -2.86. The Labute approximate surface area is 165 Å². The van der Waals surface area contributed by atoms with E-state index >= 15 is 0 Å². The molecule has 12 heteroatoms. The number of nitrogens with zero attached hydrogens (tertiary/aromatic N) is 1. The molecule has 1 heterocycles. The third-order valence-corrected chi connectivity index (χ3v) is 4.77. The van der Waals surface area contributed by atoms with Crippen molar-refractivity contribution in [2.45, 2.75) is 11.1 Å². The van der Waals surface area contributed by atoms with Gasteiger partial charge in [-0.15, -0.1) is 0 Å². The highest BCUT2D eigenvalue weighted by molar-refractivity contribution is 7.92. The summed E-state index contributed by atoms with van der Waals surface area (Å²) in [7, 11) is -2.51. The van der Waals surface area contributed by atoms with Crippen molar-refractivity contribution >= 4 is 21.6 Å². The third-order valence-electron chi connectivity index (χ3n) is 3.38. The lowest BCUT2D eigenvalue weighted by Crippen LogP contribution is -2.27. The fourth-order valence-electron chi connectivity index (χ4n) is 2.04. The van der Waals surface area contributed by atoms with E-state index < -0.39 is 28.7 Å². The van der Waals surface area contributed by atoms with Crippen LogP contribution in [-0.4, -0.2) is 52.4 Å². The van der Waals surface area contributed by atoms with Crippen molar-refractivity contribution in [1.82, 2.24) is 10.3 Å². The van der Waals surface area contributed by atoms with Crippen LogP contribution in [0.3, 0.4) is 0 Å². The standard InChI is InChI=1S/C17H18F3N3O5S/c1-27-9-8-21-16(24)15-7-2-12(10-22-15)23-29(25,26)14-5-3-13(4-6-14)28-11-17(18,19)20/h2-7,10,23H,8-9,11H2,1H3,(H,21,24). The Morgan fingerprint density at radius 1 is 1.14 bits per heavy atom. The first-order valence-corrected chi connectivity index (χ1v) is 9.65. The first kappa shape index (κ1) is 22.4. The first-order chi connectivity index (χ1) is 13.6. The maximum atomic E-state index is 12.4. The van der Waals surface area contributed by atoms with Gasteiger partial charge >= 0.3 is 6.18 Å². The van der Waals surface area contributed by atoms with Crippen LogP contribution in [0.25, 0.3) is 0 Å². The van der Waals surface area contributed by atoms with E-state index in [9.17, 15) is 26.4 Å². The summed E-state index contributed by atoms with van der Waals surface area (Å²) < 4.78 is 72.8. The topological polar surface area (TPSA) is 107 Å². The molecule has 0 aliphatic heterocycles. The highest BCUT2D eigenvalue weighted by atomic mass is 32.2. The number of anilines is 1. The van der Waals surface area contributed by atoms with Gasteiger partial charge in [0.15, 0.2) is 6.61 Å². The summed E-state index contributed by atoms with van der Waals surface area (Å²) >= 11 is 0. The number of rotatable bonds is 9. The predicted octanol–water partition coefficient (Wildman–Crippen LogP) is 2.20. The highest BCUT2D eigenvalue weighted by Gasteiger charge is 2.28. The molecule has 0 saturated carbocycles. The third kappa shape index (κ3) is 7.23. The molecule has 0 fully saturated rings. The number of methoxy groups -OCH3 is 1. The molecule has 0 atom stereocenters. The molecule has 2 N–H and O–H groups in total. The summed E-state index contributed by atoms with van der Waals surface area (Å²) in [4.78, 5) is 15.5. The maximum absolute atomic E-state index is 12.4. The number of ether oxygens (including phenoxy) is 2. The highest BCUT2D eigenvalue weighted by Crippen LogP contribution is 2.21. The van der Waals surface area contributed by atoms with Crippen LogP contribution < -0.4 is 14.8 Å². The van der Waals surface area contributed by atoms with Gasteiger partial charge in [-0.05, 0) is 36.4 Å². The van der Waals surface area contributed by atoms with Gasteiger partial charge in [0.2, 0.25) is 0 Å². The molecule has 0 aliphatic rings. The lowest BCUT2D eigenvalue weighted by atomic mass is 10.3. The second kappa shape index (κ2) is 9.56. The Morgan fingerprint density at radius 3 is 2.38 bits per heavy atom. The summed E-state index contributed by atoms with van der Waals surface area (Å²) in [6, 6.07) is 7.15. The molecule has 2 aromatic rings. The maximum Gasteiger partial charge on any atom is 0.422 e. The average Bonchev–Trinajstić information content (AvgIpc) is 2.66. The van der Waals surface area contributed by atoms with Crippen molar-refractivity contribution in [3.63, 3.8) is 0 Å². The molecule has 1 aromatic heterocycles. The quantitative estimate of drug-likeness (QED) is 0.588. The van der Waals surface area contributed by atoms with Crippen molar-refractivity contribution in [2.24, 2.45) is 0 Å². The molecule has 1 aromatic carbocycles. The molecule has 0 unspecified atom stereocenters. The van der Waals surface area contributed by atoms with Crippen LogP contribution in [0.5, 0.6) is 5.75 Å². The van der Waals surface area contributed by atoms with Crippen LogP contribution in [0.4, 0.5) is 18.9 Å². The Bertz CT molecular complexity index is 917. The van der Waals surface area contributed by atoms with E-state index in [0.29, 0.717) is 13.2 Å². The lowest BCUT2D eigenvalue weighted by Gasteiger charge is -2.11. The predicted molar refractivity (Wildman–Crippen MR) is 97.2 cm³/mol. The number of alkyl halides is 3. The van der Waals surface area contributed by atoms with Gasteiger partial charge in [0, 0.05) is 13.7 Å². The minimum absolute atomic E-state index is 0.0928. The lowest BCUT2D eigenvalue weighted by molar-refractivity contribution is -0.153. The second-order valence-corrected chi connectivity index (χ2v) is 7.34. The summed E-state index contributed by atoms with van der Waals surface area (Å²) in [5, 5.41) is 2.57. The van der Waals surface area contributed by atoms with Crippen LogP contribution in [0.2, 0.25) is 0 Å². The molecule has 29 heavy (non-hydrogen) atoms. The van der Waals surface area contributed by atoms with Gasteiger partial charge in [-0.3, -0.25) is 9.52 Å². The number of halogens is 3. The van der Waals surface area contributed by atoms with Crippen LogP contribution in [-0.2, 0) is 14.8 Å². The van der Waals surface area contributed by atoms with E-state index in [1.165, 1.54) is 25.4 Å². The summed E-state index contributed by atoms with van der Waals surface area (Å²) in [5.74, 6) is -0.558. The van der Waals surface area contributed by atoms with Gasteiger partial charge in [0.1, 0.15) is 11.4 Å². The zero-order valence-corrected chi connectivity index (χ0v) is 16.0. The van der Waals surface area contributed by atoms with Gasteiger partial charge in [-0.25, -0.2) is 13.4 Å². The fourth-order valence-corrected chi connectivity index (χ4v) is 3.08. The molecule has 0 spiro atoms. The fraction of sp³-hybridized carbons (Fsp3) is 0.294. The number of hydrogen-bond donors (Lipinski definition) is 2. The Kier molecular flexibility index (Phi) is 7.40. The number of sulfonamides is 1. The molecular formula is C17H18F3N3O5S. The molecule has 0 bridgehead atoms. The largest absolute Gasteiger partial charge is 0.484 e. The molecule has 158 valence electrons. The number of benzene rings is 1. The Morgan fingerprint density at radius 2 is 1.83 bits per heavy atom. The van der Waals surface area contributed by atoms with E-state index in [4.69, 9.17) is 4.74 Å². The SMILES string of the molecule is COCCNC(=O)c1ccc(NS(=O)(=O)c2ccc(OCC(F)(F)F)cc2)cn1. The van der Waals surface area contributed by atoms with E-state index in [1.807, 2.05) is 0 Å². The van der Waals surface area contributed by atoms with E-state index in [2.05, 4.69) is 19.8 Å². The Balaban J connectivity index is 2.00. The van der Waals surface area contributed by atoms with Crippen LogP contribution in [0, 0.1) is 0 Å². The first-order valence-electron chi connectivity index (χ1n) is 8.16. The average molecular weight is 433 g/mol. The van der Waals surface area contributed by atoms with E-state index in [1.54, 1.807) is 0 Å².